The second kappa shape index (κ2) is 7.17. The summed E-state index contributed by atoms with van der Waals surface area (Å²) in [6.07, 6.45) is -5.10. The summed E-state index contributed by atoms with van der Waals surface area (Å²) in [7, 11) is 0. The van der Waals surface area contributed by atoms with Gasteiger partial charge in [-0.15, -0.1) is 0 Å². The normalized spacial score (nSPS) is 38.3. The lowest BCUT2D eigenvalue weighted by Crippen LogP contribution is -2.69. The first-order chi connectivity index (χ1) is 13.5. The van der Waals surface area contributed by atoms with Crippen LogP contribution in [0.1, 0.15) is 6.92 Å². The van der Waals surface area contributed by atoms with Crippen LogP contribution in [0.3, 0.4) is 0 Å². The van der Waals surface area contributed by atoms with Gasteiger partial charge in [0.2, 0.25) is 11.4 Å². The predicted molar refractivity (Wildman–Crippen MR) is 97.5 cm³/mol. The smallest absolute Gasteiger partial charge is 0.274 e. The number of primary amides is 1. The third kappa shape index (κ3) is 2.88. The Morgan fingerprint density at radius 3 is 2.62 bits per heavy atom. The van der Waals surface area contributed by atoms with Crippen molar-refractivity contribution in [2.75, 3.05) is 13.3 Å². The maximum atomic E-state index is 12.7. The maximum absolute atomic E-state index is 12.7. The molecule has 0 aromatic heterocycles. The maximum Gasteiger partial charge on any atom is 0.274 e. The molecule has 0 aromatic rings. The van der Waals surface area contributed by atoms with Crippen molar-refractivity contribution in [2.24, 2.45) is 32.2 Å². The lowest BCUT2D eigenvalue weighted by atomic mass is 9.90. The van der Waals surface area contributed by atoms with Crippen molar-refractivity contribution in [3.8, 4) is 0 Å². The first-order valence-corrected chi connectivity index (χ1v) is 8.68. The summed E-state index contributed by atoms with van der Waals surface area (Å²) in [5, 5.41) is 39.6. The van der Waals surface area contributed by atoms with Gasteiger partial charge in [-0.05, 0) is 6.92 Å². The molecule has 14 nitrogen and oxygen atoms in total. The largest absolute Gasteiger partial charge is 0.394 e. The summed E-state index contributed by atoms with van der Waals surface area (Å²) in [4.78, 5) is 38.0. The number of carbonyl (C=O) groups is 2. The number of carbonyl (C=O) groups excluding carboxylic acids is 2. The van der Waals surface area contributed by atoms with Crippen LogP contribution in [0.25, 0.3) is 0 Å². The second-order valence-corrected chi connectivity index (χ2v) is 7.01. The molecule has 1 unspecified atom stereocenters. The van der Waals surface area contributed by atoms with Gasteiger partial charge in [0.1, 0.15) is 37.0 Å². The molecule has 3 rings (SSSR count). The zero-order valence-corrected chi connectivity index (χ0v) is 15.4. The average molecular weight is 413 g/mol. The molecule has 14 heteroatoms. The number of ether oxygens (including phenoxy) is 1. The third-order valence-electron chi connectivity index (χ3n) is 5.21. The highest BCUT2D eigenvalue weighted by atomic mass is 16.6. The van der Waals surface area contributed by atoms with Gasteiger partial charge < -0.3 is 36.6 Å². The van der Waals surface area contributed by atoms with Crippen LogP contribution in [-0.4, -0.2) is 110 Å². The lowest BCUT2D eigenvalue weighted by Gasteiger charge is -2.39. The fraction of sp³-hybridized carbons (Fsp3) is 0.667. The van der Waals surface area contributed by atoms with Crippen molar-refractivity contribution in [2.45, 2.75) is 48.8 Å². The topological polar surface area (TPSA) is 243 Å². The van der Waals surface area contributed by atoms with Gasteiger partial charge in [0.05, 0.1) is 18.8 Å². The Morgan fingerprint density at radius 2 is 2.10 bits per heavy atom. The van der Waals surface area contributed by atoms with Gasteiger partial charge >= 0.3 is 0 Å². The molecule has 1 amide bonds. The lowest BCUT2D eigenvalue weighted by molar-refractivity contribution is -0.179. The first-order valence-electron chi connectivity index (χ1n) is 8.68. The van der Waals surface area contributed by atoms with E-state index < -0.39 is 60.1 Å². The second-order valence-electron chi connectivity index (χ2n) is 7.01. The molecular weight excluding hydrogens is 390 g/mol. The van der Waals surface area contributed by atoms with Gasteiger partial charge in [0.25, 0.3) is 11.6 Å². The summed E-state index contributed by atoms with van der Waals surface area (Å²) in [5.74, 6) is -2.19. The van der Waals surface area contributed by atoms with Gasteiger partial charge in [0.15, 0.2) is 5.84 Å². The number of aliphatic hydroxyl groups is 4. The SMILES string of the molecule is C[C@@H](O)[C@H](N)C(=O)C1(N)N=CN=C2C1=NCN2[C@]1(C(N)=O)O[C@H](CO)[C@@H](O)[C@H]1O. The van der Waals surface area contributed by atoms with E-state index in [0.29, 0.717) is 0 Å². The zero-order chi connectivity index (χ0) is 21.7. The highest BCUT2D eigenvalue weighted by Gasteiger charge is 2.65. The number of nitrogens with zero attached hydrogens (tertiary/aromatic N) is 4. The number of rotatable bonds is 6. The van der Waals surface area contributed by atoms with E-state index in [1.165, 1.54) is 6.92 Å². The Kier molecular flexibility index (Phi) is 5.29. The van der Waals surface area contributed by atoms with E-state index in [1.54, 1.807) is 0 Å². The van der Waals surface area contributed by atoms with Crippen LogP contribution in [0.2, 0.25) is 0 Å². The molecule has 7 atom stereocenters. The van der Waals surface area contributed by atoms with Crippen molar-refractivity contribution in [1.82, 2.24) is 4.90 Å². The summed E-state index contributed by atoms with van der Waals surface area (Å²) in [5.41, 5.74) is 12.7. The molecule has 10 N–H and O–H groups in total. The molecule has 3 heterocycles. The fourth-order valence-electron chi connectivity index (χ4n) is 3.49. The number of amides is 1. The number of ketones is 1. The minimum Gasteiger partial charge on any atom is -0.394 e. The predicted octanol–water partition coefficient (Wildman–Crippen LogP) is -5.63. The van der Waals surface area contributed by atoms with Crippen molar-refractivity contribution in [3.63, 3.8) is 0 Å². The molecule has 1 fully saturated rings. The van der Waals surface area contributed by atoms with Gasteiger partial charge in [-0.1, -0.05) is 0 Å². The van der Waals surface area contributed by atoms with Crippen molar-refractivity contribution >= 4 is 29.6 Å². The molecule has 0 aromatic carbocycles. The quantitative estimate of drug-likeness (QED) is 0.217. The van der Waals surface area contributed by atoms with Gasteiger partial charge in [-0.2, -0.15) is 0 Å². The molecule has 0 bridgehead atoms. The highest BCUT2D eigenvalue weighted by Crippen LogP contribution is 2.37. The van der Waals surface area contributed by atoms with Gasteiger partial charge in [-0.25, -0.2) is 9.98 Å². The molecule has 0 spiro atoms. The van der Waals surface area contributed by atoms with Gasteiger partial charge in [-0.3, -0.25) is 25.2 Å². The summed E-state index contributed by atoms with van der Waals surface area (Å²) in [6.45, 7) is 0.224. The van der Waals surface area contributed by atoms with E-state index in [0.717, 1.165) is 11.2 Å². The Balaban J connectivity index is 2.01. The first kappa shape index (κ1) is 21.4. The Morgan fingerprint density at radius 1 is 1.45 bits per heavy atom. The number of aliphatic imine (C=N–C) groups is 3. The number of aliphatic hydroxyl groups excluding tert-OH is 4. The van der Waals surface area contributed by atoms with Crippen molar-refractivity contribution in [3.05, 3.63) is 0 Å². The van der Waals surface area contributed by atoms with E-state index >= 15 is 0 Å². The molecule has 3 aliphatic rings. The molecule has 3 aliphatic heterocycles. The monoisotopic (exact) mass is 413 g/mol. The third-order valence-corrected chi connectivity index (χ3v) is 5.21. The molecule has 1 saturated heterocycles. The minimum atomic E-state index is -2.33. The number of hydrogen-bond acceptors (Lipinski definition) is 13. The Labute approximate surface area is 164 Å². The zero-order valence-electron chi connectivity index (χ0n) is 15.4. The van der Waals surface area contributed by atoms with Gasteiger partial charge in [0, 0.05) is 0 Å². The van der Waals surface area contributed by atoms with Crippen molar-refractivity contribution < 1.29 is 34.8 Å². The minimum absolute atomic E-state index is 0.155. The number of amidine groups is 1. The Bertz CT molecular complexity index is 815. The highest BCUT2D eigenvalue weighted by molar-refractivity contribution is 6.52. The van der Waals surface area contributed by atoms with E-state index in [2.05, 4.69) is 15.0 Å². The summed E-state index contributed by atoms with van der Waals surface area (Å²) in [6, 6.07) is -1.38. The molecule has 0 saturated carbocycles. The summed E-state index contributed by atoms with van der Waals surface area (Å²) >= 11 is 0. The fourth-order valence-corrected chi connectivity index (χ4v) is 3.49. The van der Waals surface area contributed by atoms with Crippen LogP contribution in [-0.2, 0) is 14.3 Å². The number of Topliss-reactive ketones (excluding diaryl/α,β-unsaturated/α-hetero) is 1. The van der Waals surface area contributed by atoms with E-state index in [9.17, 15) is 30.0 Å². The van der Waals surface area contributed by atoms with Crippen LogP contribution in [0.4, 0.5) is 0 Å². The standard InChI is InChI=1S/C15H23N7O7/c1-5(24)7(16)10(26)14(18)9-12(19-3-21-14)22(4-20-9)15(13(17)28)11(27)8(25)6(2-23)29-15/h3,5-8,11,23-25,27H,2,4,16,18H2,1H3,(H2,17,28)/t5-,6-,7+,8-,11-,14?,15+/m1/s1. The van der Waals surface area contributed by atoms with Crippen LogP contribution in [0, 0.1) is 0 Å². The van der Waals surface area contributed by atoms with E-state index in [4.69, 9.17) is 21.9 Å². The number of hydrogen-bond donors (Lipinski definition) is 7. The van der Waals surface area contributed by atoms with Crippen LogP contribution < -0.4 is 17.2 Å². The number of fused-ring (bicyclic) bond motifs is 1. The Hall–Kier alpha value is -2.33. The molecule has 0 aliphatic carbocycles. The molecule has 0 radical (unpaired) electrons. The average Bonchev–Trinajstić information content (AvgIpc) is 3.22. The van der Waals surface area contributed by atoms with Crippen LogP contribution in [0.15, 0.2) is 15.0 Å². The van der Waals surface area contributed by atoms with E-state index in [-0.39, 0.29) is 18.2 Å². The summed E-state index contributed by atoms with van der Waals surface area (Å²) < 4.78 is 5.44. The molecule has 29 heavy (non-hydrogen) atoms. The number of nitrogens with two attached hydrogens (primary N) is 3. The van der Waals surface area contributed by atoms with Crippen molar-refractivity contribution in [1.29, 1.82) is 0 Å². The molecule has 160 valence electrons. The molecular formula is C15H23N7O7. The van der Waals surface area contributed by atoms with E-state index in [1.807, 2.05) is 0 Å². The van der Waals surface area contributed by atoms with Crippen LogP contribution in [0.5, 0.6) is 0 Å². The van der Waals surface area contributed by atoms with Crippen LogP contribution >= 0.6 is 0 Å².